The van der Waals surface area contributed by atoms with Crippen LogP contribution in [0.4, 0.5) is 10.5 Å². The molecule has 2 N–H and O–H groups in total. The van der Waals surface area contributed by atoms with Crippen LogP contribution in [0.15, 0.2) is 24.3 Å². The zero-order valence-electron chi connectivity index (χ0n) is 12.7. The highest BCUT2D eigenvalue weighted by atomic mass is 16.5. The Morgan fingerprint density at radius 1 is 1.36 bits per heavy atom. The van der Waals surface area contributed by atoms with Crippen LogP contribution in [0, 0.1) is 11.3 Å². The van der Waals surface area contributed by atoms with E-state index in [9.17, 15) is 15.3 Å². The molecule has 1 aliphatic rings. The normalized spacial score (nSPS) is 16.4. The quantitative estimate of drug-likeness (QED) is 0.658. The summed E-state index contributed by atoms with van der Waals surface area (Å²) in [5, 5.41) is 22.7. The number of amides is 2. The van der Waals surface area contributed by atoms with Gasteiger partial charge in [-0.05, 0) is 56.9 Å². The van der Waals surface area contributed by atoms with Crippen LogP contribution in [0.5, 0.6) is 5.75 Å². The van der Waals surface area contributed by atoms with Crippen molar-refractivity contribution in [2.75, 3.05) is 11.9 Å². The number of benzene rings is 1. The van der Waals surface area contributed by atoms with Crippen LogP contribution in [0.2, 0.25) is 0 Å². The summed E-state index contributed by atoms with van der Waals surface area (Å²) in [6, 6.07) is 8.27. The van der Waals surface area contributed by atoms with E-state index in [-0.39, 0.29) is 0 Å². The lowest BCUT2D eigenvalue weighted by Gasteiger charge is -2.36. The highest BCUT2D eigenvalue weighted by Crippen LogP contribution is 2.32. The molecule has 1 aromatic rings. The first-order valence-corrected chi connectivity index (χ1v) is 7.55. The molecule has 1 fully saturated rings. The van der Waals surface area contributed by atoms with Crippen LogP contribution in [0.1, 0.15) is 39.0 Å². The fraction of sp³-hybridized carbons (Fsp3) is 0.500. The van der Waals surface area contributed by atoms with E-state index in [1.54, 1.807) is 24.3 Å². The monoisotopic (exact) mass is 303 g/mol. The second-order valence-corrected chi connectivity index (χ2v) is 5.40. The fourth-order valence-corrected chi connectivity index (χ4v) is 2.68. The van der Waals surface area contributed by atoms with E-state index in [0.29, 0.717) is 35.9 Å². The average molecular weight is 303 g/mol. The van der Waals surface area contributed by atoms with E-state index >= 15 is 0 Å². The lowest BCUT2D eigenvalue weighted by molar-refractivity contribution is -0.112. The maximum Gasteiger partial charge on any atom is 0.347 e. The van der Waals surface area contributed by atoms with Gasteiger partial charge in [-0.3, -0.25) is 5.21 Å². The molecule has 0 heterocycles. The van der Waals surface area contributed by atoms with Gasteiger partial charge in [0.15, 0.2) is 5.54 Å². The summed E-state index contributed by atoms with van der Waals surface area (Å²) in [5.74, 6) is 0.710. The first kappa shape index (κ1) is 16.1. The topological polar surface area (TPSA) is 85.6 Å². The first-order valence-electron chi connectivity index (χ1n) is 7.55. The molecule has 6 nitrogen and oxygen atoms in total. The zero-order valence-corrected chi connectivity index (χ0v) is 12.7. The van der Waals surface area contributed by atoms with Crippen LogP contribution < -0.4 is 10.1 Å². The second kappa shape index (κ2) is 7.14. The number of hydrogen-bond donors (Lipinski definition) is 2. The number of nitriles is 1. The molecule has 6 heteroatoms. The van der Waals surface area contributed by atoms with E-state index in [4.69, 9.17) is 4.74 Å². The third-order valence-electron chi connectivity index (χ3n) is 3.90. The number of nitrogens with zero attached hydrogens (tertiary/aromatic N) is 2. The van der Waals surface area contributed by atoms with Crippen molar-refractivity contribution < 1.29 is 14.7 Å². The summed E-state index contributed by atoms with van der Waals surface area (Å²) in [7, 11) is 0. The molecule has 2 amide bonds. The number of urea groups is 1. The molecule has 0 atom stereocenters. The molecule has 0 bridgehead atoms. The molecule has 1 aliphatic carbocycles. The standard InChI is InChI=1S/C16H21N3O3/c1-2-22-14-8-6-13(7-9-14)18-15(20)19(21)16(12-17)10-4-3-5-11-16/h6-9,21H,2-5,10-11H2,1H3,(H,18,20). The van der Waals surface area contributed by atoms with Gasteiger partial charge in [0.05, 0.1) is 12.7 Å². The molecule has 2 rings (SSSR count). The number of hydroxylamine groups is 2. The van der Waals surface area contributed by atoms with Gasteiger partial charge in [-0.2, -0.15) is 10.3 Å². The lowest BCUT2D eigenvalue weighted by Crippen LogP contribution is -2.51. The van der Waals surface area contributed by atoms with Crippen LogP contribution >= 0.6 is 0 Å². The van der Waals surface area contributed by atoms with Crippen molar-refractivity contribution in [1.29, 1.82) is 5.26 Å². The summed E-state index contributed by atoms with van der Waals surface area (Å²) in [5.41, 5.74) is -0.579. The number of hydrogen-bond acceptors (Lipinski definition) is 4. The molecule has 0 radical (unpaired) electrons. The Morgan fingerprint density at radius 3 is 2.55 bits per heavy atom. The predicted octanol–water partition coefficient (Wildman–Crippen LogP) is 3.53. The summed E-state index contributed by atoms with van der Waals surface area (Å²) in [4.78, 5) is 12.2. The van der Waals surface area contributed by atoms with Crippen LogP contribution in [0.3, 0.4) is 0 Å². The summed E-state index contributed by atoms with van der Waals surface area (Å²) < 4.78 is 5.33. The molecular weight excluding hydrogens is 282 g/mol. The molecule has 1 aromatic carbocycles. The number of nitrogens with one attached hydrogen (secondary N) is 1. The largest absolute Gasteiger partial charge is 0.494 e. The summed E-state index contributed by atoms with van der Waals surface area (Å²) >= 11 is 0. The Hall–Kier alpha value is -2.26. The van der Waals surface area contributed by atoms with Crippen molar-refractivity contribution in [3.63, 3.8) is 0 Å². The van der Waals surface area contributed by atoms with Gasteiger partial charge < -0.3 is 10.1 Å². The van der Waals surface area contributed by atoms with Crippen molar-refractivity contribution in [2.45, 2.75) is 44.6 Å². The maximum atomic E-state index is 12.2. The minimum Gasteiger partial charge on any atom is -0.494 e. The Balaban J connectivity index is 2.03. The van der Waals surface area contributed by atoms with Gasteiger partial charge in [-0.1, -0.05) is 6.42 Å². The number of anilines is 1. The predicted molar refractivity (Wildman–Crippen MR) is 81.7 cm³/mol. The number of ether oxygens (including phenoxy) is 1. The Bertz CT molecular complexity index is 545. The van der Waals surface area contributed by atoms with Crippen molar-refractivity contribution in [1.82, 2.24) is 5.06 Å². The third-order valence-corrected chi connectivity index (χ3v) is 3.90. The molecule has 0 unspecified atom stereocenters. The smallest absolute Gasteiger partial charge is 0.347 e. The highest BCUT2D eigenvalue weighted by Gasteiger charge is 2.41. The van der Waals surface area contributed by atoms with E-state index in [0.717, 1.165) is 19.3 Å². The zero-order chi connectivity index (χ0) is 16.0. The van der Waals surface area contributed by atoms with E-state index < -0.39 is 11.6 Å². The van der Waals surface area contributed by atoms with Gasteiger partial charge in [0, 0.05) is 5.69 Å². The first-order chi connectivity index (χ1) is 10.6. The molecular formula is C16H21N3O3. The number of carbonyl (C=O) groups excluding carboxylic acids is 1. The minimum atomic E-state index is -1.12. The van der Waals surface area contributed by atoms with E-state index in [1.165, 1.54) is 0 Å². The van der Waals surface area contributed by atoms with Gasteiger partial charge in [0.2, 0.25) is 0 Å². The third kappa shape index (κ3) is 3.49. The molecule has 0 spiro atoms. The maximum absolute atomic E-state index is 12.2. The Kier molecular flexibility index (Phi) is 5.23. The Morgan fingerprint density at radius 2 is 2.00 bits per heavy atom. The van der Waals surface area contributed by atoms with Crippen LogP contribution in [-0.2, 0) is 0 Å². The molecule has 0 saturated heterocycles. The van der Waals surface area contributed by atoms with Crippen LogP contribution in [0.25, 0.3) is 0 Å². The molecule has 1 saturated carbocycles. The average Bonchev–Trinajstić information content (AvgIpc) is 2.56. The summed E-state index contributed by atoms with van der Waals surface area (Å²) in [6.45, 7) is 2.46. The van der Waals surface area contributed by atoms with Crippen LogP contribution in [-0.4, -0.2) is 28.4 Å². The number of rotatable bonds is 4. The molecule has 118 valence electrons. The fourth-order valence-electron chi connectivity index (χ4n) is 2.68. The van der Waals surface area contributed by atoms with Gasteiger partial charge in [0.1, 0.15) is 5.75 Å². The van der Waals surface area contributed by atoms with Crippen molar-refractivity contribution in [3.8, 4) is 11.8 Å². The number of carbonyl (C=O) groups is 1. The van der Waals surface area contributed by atoms with E-state index in [2.05, 4.69) is 11.4 Å². The van der Waals surface area contributed by atoms with Gasteiger partial charge in [-0.15, -0.1) is 0 Å². The molecule has 0 aliphatic heterocycles. The second-order valence-electron chi connectivity index (χ2n) is 5.40. The van der Waals surface area contributed by atoms with Gasteiger partial charge in [0.25, 0.3) is 0 Å². The van der Waals surface area contributed by atoms with Gasteiger partial charge in [-0.25, -0.2) is 4.79 Å². The molecule has 0 aromatic heterocycles. The van der Waals surface area contributed by atoms with Crippen molar-refractivity contribution >= 4 is 11.7 Å². The Labute approximate surface area is 130 Å². The van der Waals surface area contributed by atoms with Crippen molar-refractivity contribution in [2.24, 2.45) is 0 Å². The minimum absolute atomic E-state index is 0.497. The SMILES string of the molecule is CCOc1ccc(NC(=O)N(O)C2(C#N)CCCCC2)cc1. The van der Waals surface area contributed by atoms with E-state index in [1.807, 2.05) is 6.92 Å². The van der Waals surface area contributed by atoms with Crippen molar-refractivity contribution in [3.05, 3.63) is 24.3 Å². The molecule has 22 heavy (non-hydrogen) atoms. The highest BCUT2D eigenvalue weighted by molar-refractivity contribution is 5.89. The lowest BCUT2D eigenvalue weighted by atomic mass is 9.82. The summed E-state index contributed by atoms with van der Waals surface area (Å²) in [6.07, 6.45) is 3.69. The van der Waals surface area contributed by atoms with Gasteiger partial charge >= 0.3 is 6.03 Å².